The summed E-state index contributed by atoms with van der Waals surface area (Å²) in [5, 5.41) is 4.62. The van der Waals surface area contributed by atoms with Gasteiger partial charge in [-0.25, -0.2) is 4.39 Å². The molecule has 1 N–H and O–H groups in total. The maximum Gasteiger partial charge on any atom is 0.223 e. The molecular weight excluding hydrogens is 399 g/mol. The minimum absolute atomic E-state index is 0.0416. The summed E-state index contributed by atoms with van der Waals surface area (Å²) in [6.45, 7) is 2.47. The van der Waals surface area contributed by atoms with Crippen molar-refractivity contribution in [2.45, 2.75) is 45.1 Å². The van der Waals surface area contributed by atoms with Gasteiger partial charge < -0.3 is 5.32 Å². The number of halogens is 2. The standard InChI is InChI=1S/C25H26ClFN2O/c1-16(25(30)29-15-19-4-2-3-5-23(19)26)17-6-8-18(9-7-17)21-12-13-28-24-11-10-20(27)14-22(21)24/h2-5,10-14,16-18H,6-9,15H2,1H3,(H,29,30)/t16?,17-,18+. The van der Waals surface area contributed by atoms with E-state index in [4.69, 9.17) is 11.6 Å². The van der Waals surface area contributed by atoms with Gasteiger partial charge in [-0.05, 0) is 79.0 Å². The molecule has 0 spiro atoms. The van der Waals surface area contributed by atoms with Gasteiger partial charge in [0.05, 0.1) is 5.52 Å². The second-order valence-electron chi connectivity index (χ2n) is 8.27. The van der Waals surface area contributed by atoms with Gasteiger partial charge in [-0.2, -0.15) is 0 Å². The molecule has 0 aliphatic heterocycles. The van der Waals surface area contributed by atoms with Gasteiger partial charge in [0.15, 0.2) is 0 Å². The van der Waals surface area contributed by atoms with E-state index in [1.54, 1.807) is 12.1 Å². The largest absolute Gasteiger partial charge is 0.352 e. The zero-order valence-electron chi connectivity index (χ0n) is 17.1. The monoisotopic (exact) mass is 424 g/mol. The maximum atomic E-state index is 13.8. The van der Waals surface area contributed by atoms with E-state index in [2.05, 4.69) is 10.3 Å². The summed E-state index contributed by atoms with van der Waals surface area (Å²) in [4.78, 5) is 17.1. The predicted octanol–water partition coefficient (Wildman–Crippen LogP) is 6.25. The molecule has 0 saturated heterocycles. The van der Waals surface area contributed by atoms with E-state index in [1.165, 1.54) is 11.6 Å². The van der Waals surface area contributed by atoms with E-state index < -0.39 is 0 Å². The Balaban J connectivity index is 1.37. The van der Waals surface area contributed by atoms with Crippen LogP contribution in [-0.4, -0.2) is 10.9 Å². The number of carbonyl (C=O) groups excluding carboxylic acids is 1. The highest BCUT2D eigenvalue weighted by Gasteiger charge is 2.30. The smallest absolute Gasteiger partial charge is 0.223 e. The van der Waals surface area contributed by atoms with Crippen LogP contribution >= 0.6 is 11.6 Å². The number of nitrogens with one attached hydrogen (secondary N) is 1. The van der Waals surface area contributed by atoms with Gasteiger partial charge in [-0.15, -0.1) is 0 Å². The molecule has 0 radical (unpaired) electrons. The zero-order chi connectivity index (χ0) is 21.1. The molecule has 1 aliphatic carbocycles. The topological polar surface area (TPSA) is 42.0 Å². The quantitative estimate of drug-likeness (QED) is 0.525. The van der Waals surface area contributed by atoms with Gasteiger partial charge in [0.1, 0.15) is 5.82 Å². The number of aromatic nitrogens is 1. The number of pyridine rings is 1. The lowest BCUT2D eigenvalue weighted by Gasteiger charge is -2.32. The minimum Gasteiger partial charge on any atom is -0.352 e. The van der Waals surface area contributed by atoms with Gasteiger partial charge in [0.2, 0.25) is 5.91 Å². The number of rotatable bonds is 5. The van der Waals surface area contributed by atoms with Gasteiger partial charge in [0, 0.05) is 29.1 Å². The summed E-state index contributed by atoms with van der Waals surface area (Å²) < 4.78 is 13.8. The third kappa shape index (κ3) is 4.49. The fourth-order valence-corrected chi connectivity index (χ4v) is 4.83. The van der Waals surface area contributed by atoms with E-state index in [9.17, 15) is 9.18 Å². The molecule has 1 aliphatic rings. The second-order valence-corrected chi connectivity index (χ2v) is 8.68. The van der Waals surface area contributed by atoms with Crippen molar-refractivity contribution < 1.29 is 9.18 Å². The van der Waals surface area contributed by atoms with Crippen LogP contribution in [0, 0.1) is 17.7 Å². The van der Waals surface area contributed by atoms with Crippen LogP contribution in [-0.2, 0) is 11.3 Å². The second kappa shape index (κ2) is 9.13. The van der Waals surface area contributed by atoms with E-state index in [1.807, 2.05) is 43.5 Å². The van der Waals surface area contributed by atoms with Crippen LogP contribution in [0.4, 0.5) is 4.39 Å². The highest BCUT2D eigenvalue weighted by Crippen LogP contribution is 2.40. The molecule has 30 heavy (non-hydrogen) atoms. The van der Waals surface area contributed by atoms with Gasteiger partial charge in [-0.3, -0.25) is 9.78 Å². The lowest BCUT2D eigenvalue weighted by molar-refractivity contribution is -0.126. The number of hydrogen-bond acceptors (Lipinski definition) is 2. The summed E-state index contributed by atoms with van der Waals surface area (Å²) in [5.41, 5.74) is 2.94. The SMILES string of the molecule is CC(C(=O)NCc1ccccc1Cl)[C@H]1CC[C@@H](c2ccnc3ccc(F)cc32)CC1. The van der Waals surface area contributed by atoms with Gasteiger partial charge in [0.25, 0.3) is 0 Å². The molecule has 3 nitrogen and oxygen atoms in total. The molecular formula is C25H26ClFN2O. The highest BCUT2D eigenvalue weighted by atomic mass is 35.5. The first-order chi connectivity index (χ1) is 14.5. The Morgan fingerprint density at radius 1 is 1.17 bits per heavy atom. The summed E-state index contributed by atoms with van der Waals surface area (Å²) >= 11 is 6.18. The van der Waals surface area contributed by atoms with Crippen molar-refractivity contribution in [1.82, 2.24) is 10.3 Å². The number of fused-ring (bicyclic) bond motifs is 1. The molecule has 3 aromatic rings. The Hall–Kier alpha value is -2.46. The third-order valence-electron chi connectivity index (χ3n) is 6.48. The first kappa shape index (κ1) is 20.8. The lowest BCUT2D eigenvalue weighted by atomic mass is 9.73. The highest BCUT2D eigenvalue weighted by molar-refractivity contribution is 6.31. The van der Waals surface area contributed by atoms with E-state index >= 15 is 0 Å². The summed E-state index contributed by atoms with van der Waals surface area (Å²) in [6.07, 6.45) is 5.80. The fraction of sp³-hybridized carbons (Fsp3) is 0.360. The predicted molar refractivity (Wildman–Crippen MR) is 119 cm³/mol. The van der Waals surface area contributed by atoms with E-state index in [0.29, 0.717) is 23.4 Å². The molecule has 1 saturated carbocycles. The summed E-state index contributed by atoms with van der Waals surface area (Å²) in [5.74, 6) is 0.549. The number of carbonyl (C=O) groups is 1. The van der Waals surface area contributed by atoms with Crippen LogP contribution in [0.1, 0.15) is 49.7 Å². The van der Waals surface area contributed by atoms with Gasteiger partial charge in [-0.1, -0.05) is 36.7 Å². The van der Waals surface area contributed by atoms with Crippen molar-refractivity contribution in [2.75, 3.05) is 0 Å². The number of hydrogen-bond donors (Lipinski definition) is 1. The lowest BCUT2D eigenvalue weighted by Crippen LogP contribution is -2.34. The Morgan fingerprint density at radius 2 is 1.93 bits per heavy atom. The minimum atomic E-state index is -0.228. The Kier molecular flexibility index (Phi) is 6.33. The fourth-order valence-electron chi connectivity index (χ4n) is 4.63. The molecule has 1 fully saturated rings. The molecule has 2 aromatic carbocycles. The molecule has 1 amide bonds. The first-order valence-electron chi connectivity index (χ1n) is 10.6. The number of nitrogens with zero attached hydrogens (tertiary/aromatic N) is 1. The average molecular weight is 425 g/mol. The molecule has 4 rings (SSSR count). The Morgan fingerprint density at radius 3 is 2.70 bits per heavy atom. The van der Waals surface area contributed by atoms with Crippen molar-refractivity contribution in [3.05, 3.63) is 76.7 Å². The molecule has 1 unspecified atom stereocenters. The molecule has 1 heterocycles. The third-order valence-corrected chi connectivity index (χ3v) is 6.85. The summed E-state index contributed by atoms with van der Waals surface area (Å²) in [6, 6.07) is 14.4. The van der Waals surface area contributed by atoms with E-state index in [-0.39, 0.29) is 17.6 Å². The van der Waals surface area contributed by atoms with Crippen LogP contribution in [0.2, 0.25) is 5.02 Å². The van der Waals surface area contributed by atoms with Crippen LogP contribution in [0.15, 0.2) is 54.7 Å². The molecule has 156 valence electrons. The van der Waals surface area contributed by atoms with Crippen LogP contribution < -0.4 is 5.32 Å². The van der Waals surface area contributed by atoms with Crippen molar-refractivity contribution in [1.29, 1.82) is 0 Å². The molecule has 1 atom stereocenters. The Labute approximate surface area is 181 Å². The van der Waals surface area contributed by atoms with Gasteiger partial charge >= 0.3 is 0 Å². The zero-order valence-corrected chi connectivity index (χ0v) is 17.8. The number of amides is 1. The Bertz CT molecular complexity index is 1050. The van der Waals surface area contributed by atoms with Crippen molar-refractivity contribution >= 4 is 28.4 Å². The van der Waals surface area contributed by atoms with Crippen molar-refractivity contribution in [3.8, 4) is 0 Å². The normalized spacial score (nSPS) is 20.1. The summed E-state index contributed by atoms with van der Waals surface area (Å²) in [7, 11) is 0. The molecule has 1 aromatic heterocycles. The maximum absolute atomic E-state index is 13.8. The van der Waals surface area contributed by atoms with Crippen LogP contribution in [0.5, 0.6) is 0 Å². The van der Waals surface area contributed by atoms with Crippen molar-refractivity contribution in [3.63, 3.8) is 0 Å². The van der Waals surface area contributed by atoms with Crippen LogP contribution in [0.25, 0.3) is 10.9 Å². The first-order valence-corrected chi connectivity index (χ1v) is 11.0. The number of benzene rings is 2. The van der Waals surface area contributed by atoms with E-state index in [0.717, 1.165) is 42.1 Å². The molecule has 5 heteroatoms. The van der Waals surface area contributed by atoms with Crippen LogP contribution in [0.3, 0.4) is 0 Å². The average Bonchev–Trinajstić information content (AvgIpc) is 2.77. The van der Waals surface area contributed by atoms with Crippen molar-refractivity contribution in [2.24, 2.45) is 11.8 Å². The molecule has 0 bridgehead atoms.